The Hall–Kier alpha value is -0.570. The molecule has 0 spiro atoms. The van der Waals surface area contributed by atoms with Crippen molar-refractivity contribution in [2.75, 3.05) is 6.61 Å². The molecule has 3 nitrogen and oxygen atoms in total. The molecule has 2 saturated carbocycles. The molecule has 2 rings (SSSR count). The SMILES string of the molecule is NC(=O)C1(CO)CCCC(C2CC2)C1. The van der Waals surface area contributed by atoms with Gasteiger partial charge in [0.25, 0.3) is 0 Å². The molecule has 2 fully saturated rings. The lowest BCUT2D eigenvalue weighted by atomic mass is 9.68. The highest BCUT2D eigenvalue weighted by Crippen LogP contribution is 2.49. The van der Waals surface area contributed by atoms with Crippen LogP contribution in [0.2, 0.25) is 0 Å². The lowest BCUT2D eigenvalue weighted by Gasteiger charge is -2.37. The zero-order chi connectivity index (χ0) is 10.2. The molecule has 1 amide bonds. The summed E-state index contributed by atoms with van der Waals surface area (Å²) < 4.78 is 0. The predicted octanol–water partition coefficient (Wildman–Crippen LogP) is 1.05. The van der Waals surface area contributed by atoms with E-state index in [2.05, 4.69) is 0 Å². The monoisotopic (exact) mass is 197 g/mol. The van der Waals surface area contributed by atoms with Gasteiger partial charge in [0, 0.05) is 0 Å². The molecule has 0 saturated heterocycles. The topological polar surface area (TPSA) is 63.3 Å². The van der Waals surface area contributed by atoms with E-state index in [-0.39, 0.29) is 12.5 Å². The summed E-state index contributed by atoms with van der Waals surface area (Å²) >= 11 is 0. The van der Waals surface area contributed by atoms with Crippen molar-refractivity contribution >= 4 is 5.91 Å². The maximum atomic E-state index is 11.4. The number of hydrogen-bond acceptors (Lipinski definition) is 2. The fourth-order valence-corrected chi connectivity index (χ4v) is 2.82. The summed E-state index contributed by atoms with van der Waals surface area (Å²) in [6.45, 7) is -0.0639. The standard InChI is InChI=1S/C11H19NO2/c12-10(14)11(7-13)5-1-2-9(6-11)8-3-4-8/h8-9,13H,1-7H2,(H2,12,14). The van der Waals surface area contributed by atoms with Gasteiger partial charge in [-0.15, -0.1) is 0 Å². The molecule has 14 heavy (non-hydrogen) atoms. The van der Waals surface area contributed by atoms with Crippen molar-refractivity contribution in [3.05, 3.63) is 0 Å². The predicted molar refractivity (Wildman–Crippen MR) is 53.4 cm³/mol. The molecule has 0 bridgehead atoms. The third-order valence-corrected chi connectivity index (χ3v) is 4.00. The Bertz CT molecular complexity index is 237. The Morgan fingerprint density at radius 1 is 1.36 bits per heavy atom. The third kappa shape index (κ3) is 1.65. The molecule has 2 aliphatic carbocycles. The average Bonchev–Trinajstić information content (AvgIpc) is 3.01. The van der Waals surface area contributed by atoms with Crippen LogP contribution in [-0.2, 0) is 4.79 Å². The third-order valence-electron chi connectivity index (χ3n) is 4.00. The average molecular weight is 197 g/mol. The van der Waals surface area contributed by atoms with Crippen LogP contribution in [0.4, 0.5) is 0 Å². The first-order valence-corrected chi connectivity index (χ1v) is 5.59. The van der Waals surface area contributed by atoms with Crippen LogP contribution in [0.1, 0.15) is 38.5 Å². The Morgan fingerprint density at radius 2 is 2.07 bits per heavy atom. The van der Waals surface area contributed by atoms with Gasteiger partial charge >= 0.3 is 0 Å². The number of hydrogen-bond donors (Lipinski definition) is 2. The number of aliphatic hydroxyl groups is 1. The number of carbonyl (C=O) groups is 1. The van der Waals surface area contributed by atoms with E-state index in [1.54, 1.807) is 0 Å². The molecule has 2 unspecified atom stereocenters. The maximum Gasteiger partial charge on any atom is 0.225 e. The van der Waals surface area contributed by atoms with Crippen molar-refractivity contribution in [3.63, 3.8) is 0 Å². The first kappa shape index (κ1) is 9.97. The van der Waals surface area contributed by atoms with Gasteiger partial charge in [0.15, 0.2) is 0 Å². The summed E-state index contributed by atoms with van der Waals surface area (Å²) in [6, 6.07) is 0. The van der Waals surface area contributed by atoms with Crippen LogP contribution in [0.25, 0.3) is 0 Å². The second-order valence-electron chi connectivity index (χ2n) is 5.00. The van der Waals surface area contributed by atoms with Crippen molar-refractivity contribution < 1.29 is 9.90 Å². The van der Waals surface area contributed by atoms with Crippen molar-refractivity contribution in [2.45, 2.75) is 38.5 Å². The quantitative estimate of drug-likeness (QED) is 0.710. The minimum atomic E-state index is -0.592. The molecule has 3 heteroatoms. The molecule has 2 aliphatic rings. The number of aliphatic hydroxyl groups excluding tert-OH is 1. The van der Waals surface area contributed by atoms with E-state index in [0.29, 0.717) is 5.92 Å². The van der Waals surface area contributed by atoms with Gasteiger partial charge in [-0.1, -0.05) is 12.8 Å². The number of carbonyl (C=O) groups excluding carboxylic acids is 1. The van der Waals surface area contributed by atoms with Gasteiger partial charge in [0.05, 0.1) is 12.0 Å². The van der Waals surface area contributed by atoms with Gasteiger partial charge in [-0.25, -0.2) is 0 Å². The van der Waals surface area contributed by atoms with Crippen molar-refractivity contribution in [2.24, 2.45) is 23.0 Å². The molecule has 2 atom stereocenters. The van der Waals surface area contributed by atoms with Crippen LogP contribution in [0.15, 0.2) is 0 Å². The number of amides is 1. The Morgan fingerprint density at radius 3 is 2.57 bits per heavy atom. The largest absolute Gasteiger partial charge is 0.395 e. The Labute approximate surface area is 84.7 Å². The van der Waals surface area contributed by atoms with Crippen LogP contribution in [0, 0.1) is 17.3 Å². The van der Waals surface area contributed by atoms with Gasteiger partial charge in [-0.2, -0.15) is 0 Å². The fraction of sp³-hybridized carbons (Fsp3) is 0.909. The van der Waals surface area contributed by atoms with E-state index < -0.39 is 5.41 Å². The van der Waals surface area contributed by atoms with Crippen LogP contribution >= 0.6 is 0 Å². The number of primary amides is 1. The van der Waals surface area contributed by atoms with Crippen LogP contribution < -0.4 is 5.73 Å². The fourth-order valence-electron chi connectivity index (χ4n) is 2.82. The number of rotatable bonds is 3. The van der Waals surface area contributed by atoms with Gasteiger partial charge in [0.1, 0.15) is 0 Å². The van der Waals surface area contributed by atoms with E-state index in [0.717, 1.165) is 25.2 Å². The zero-order valence-corrected chi connectivity index (χ0v) is 8.54. The number of nitrogens with two attached hydrogens (primary N) is 1. The molecule has 0 aromatic rings. The highest BCUT2D eigenvalue weighted by atomic mass is 16.3. The molecule has 0 heterocycles. The first-order chi connectivity index (χ1) is 6.68. The summed E-state index contributed by atoms with van der Waals surface area (Å²) in [6.07, 6.45) is 6.49. The smallest absolute Gasteiger partial charge is 0.225 e. The van der Waals surface area contributed by atoms with Crippen molar-refractivity contribution in [3.8, 4) is 0 Å². The minimum Gasteiger partial charge on any atom is -0.395 e. The van der Waals surface area contributed by atoms with E-state index in [1.807, 2.05) is 0 Å². The summed E-state index contributed by atoms with van der Waals surface area (Å²) in [5.41, 5.74) is 4.80. The van der Waals surface area contributed by atoms with Gasteiger partial charge in [-0.05, 0) is 37.5 Å². The highest BCUT2D eigenvalue weighted by molar-refractivity contribution is 5.81. The lowest BCUT2D eigenvalue weighted by Crippen LogP contribution is -2.44. The van der Waals surface area contributed by atoms with Gasteiger partial charge in [0.2, 0.25) is 5.91 Å². The summed E-state index contributed by atoms with van der Waals surface area (Å²) in [7, 11) is 0. The second kappa shape index (κ2) is 3.54. The van der Waals surface area contributed by atoms with Crippen molar-refractivity contribution in [1.29, 1.82) is 0 Å². The normalized spacial score (nSPS) is 38.2. The molecule has 0 aromatic heterocycles. The minimum absolute atomic E-state index is 0.0639. The summed E-state index contributed by atoms with van der Waals surface area (Å²) in [5.74, 6) is 1.16. The van der Waals surface area contributed by atoms with E-state index in [9.17, 15) is 9.90 Å². The van der Waals surface area contributed by atoms with Crippen LogP contribution in [0.5, 0.6) is 0 Å². The second-order valence-corrected chi connectivity index (χ2v) is 5.00. The molecule has 3 N–H and O–H groups in total. The van der Waals surface area contributed by atoms with E-state index >= 15 is 0 Å². The van der Waals surface area contributed by atoms with Crippen LogP contribution in [0.3, 0.4) is 0 Å². The molecule has 0 radical (unpaired) electrons. The molecule has 0 aliphatic heterocycles. The Kier molecular flexibility index (Phi) is 2.52. The summed E-state index contributed by atoms with van der Waals surface area (Å²) in [4.78, 5) is 11.4. The van der Waals surface area contributed by atoms with E-state index in [1.165, 1.54) is 19.3 Å². The summed E-state index contributed by atoms with van der Waals surface area (Å²) in [5, 5.41) is 9.33. The van der Waals surface area contributed by atoms with Gasteiger partial charge < -0.3 is 10.8 Å². The van der Waals surface area contributed by atoms with Crippen LogP contribution in [-0.4, -0.2) is 17.6 Å². The highest BCUT2D eigenvalue weighted by Gasteiger charge is 2.45. The molecule has 80 valence electrons. The maximum absolute atomic E-state index is 11.4. The molecule has 0 aromatic carbocycles. The molecular formula is C11H19NO2. The first-order valence-electron chi connectivity index (χ1n) is 5.59. The zero-order valence-electron chi connectivity index (χ0n) is 8.54. The Balaban J connectivity index is 2.06. The van der Waals surface area contributed by atoms with Gasteiger partial charge in [-0.3, -0.25) is 4.79 Å². The van der Waals surface area contributed by atoms with Crippen molar-refractivity contribution in [1.82, 2.24) is 0 Å². The lowest BCUT2D eigenvalue weighted by molar-refractivity contribution is -0.133. The molecular weight excluding hydrogens is 178 g/mol. The van der Waals surface area contributed by atoms with E-state index in [4.69, 9.17) is 5.73 Å².